The number of carbonyl (C=O) groups excluding carboxylic acids is 1. The van der Waals surface area contributed by atoms with E-state index in [1.807, 2.05) is 0 Å². The summed E-state index contributed by atoms with van der Waals surface area (Å²) in [7, 11) is -3.74. The van der Waals surface area contributed by atoms with E-state index in [2.05, 4.69) is 5.32 Å². The van der Waals surface area contributed by atoms with E-state index < -0.39 is 21.7 Å². The standard InChI is InChI=1S/C18H18ClFN2O4S/c19-17-5-4-15(27(24,25)22-6-8-26-9-7-22)11-16(17)18(23)21-12-13-2-1-3-14(20)10-13/h1-5,10-11H,6-9,12H2,(H,21,23). The van der Waals surface area contributed by atoms with Gasteiger partial charge in [-0.1, -0.05) is 23.7 Å². The Morgan fingerprint density at radius 3 is 2.63 bits per heavy atom. The maximum atomic E-state index is 13.2. The highest BCUT2D eigenvalue weighted by atomic mass is 35.5. The summed E-state index contributed by atoms with van der Waals surface area (Å²) >= 11 is 6.08. The van der Waals surface area contributed by atoms with E-state index in [1.54, 1.807) is 12.1 Å². The second-order valence-electron chi connectivity index (χ2n) is 5.97. The lowest BCUT2D eigenvalue weighted by Gasteiger charge is -2.26. The fourth-order valence-electron chi connectivity index (χ4n) is 2.70. The molecule has 144 valence electrons. The Bertz CT molecular complexity index is 946. The van der Waals surface area contributed by atoms with Gasteiger partial charge in [0.05, 0.1) is 28.7 Å². The summed E-state index contributed by atoms with van der Waals surface area (Å²) in [5, 5.41) is 2.76. The quantitative estimate of drug-likeness (QED) is 0.818. The molecule has 1 N–H and O–H groups in total. The average molecular weight is 413 g/mol. The van der Waals surface area contributed by atoms with Crippen LogP contribution in [-0.4, -0.2) is 44.9 Å². The van der Waals surface area contributed by atoms with Crippen LogP contribution in [-0.2, 0) is 21.3 Å². The Kier molecular flexibility index (Phi) is 6.11. The van der Waals surface area contributed by atoms with Crippen LogP contribution in [0.4, 0.5) is 4.39 Å². The molecule has 0 atom stereocenters. The van der Waals surface area contributed by atoms with Gasteiger partial charge in [0.2, 0.25) is 10.0 Å². The molecule has 3 rings (SSSR count). The number of amides is 1. The summed E-state index contributed by atoms with van der Waals surface area (Å²) in [5.74, 6) is -0.943. The average Bonchev–Trinajstić information content (AvgIpc) is 2.67. The lowest BCUT2D eigenvalue weighted by Crippen LogP contribution is -2.40. The maximum absolute atomic E-state index is 13.2. The Morgan fingerprint density at radius 2 is 1.93 bits per heavy atom. The van der Waals surface area contributed by atoms with Crippen LogP contribution < -0.4 is 5.32 Å². The van der Waals surface area contributed by atoms with Crippen LogP contribution in [0.3, 0.4) is 0 Å². The van der Waals surface area contributed by atoms with Crippen molar-refractivity contribution in [2.24, 2.45) is 0 Å². The molecule has 2 aromatic carbocycles. The summed E-state index contributed by atoms with van der Waals surface area (Å²) in [6, 6.07) is 9.84. The summed E-state index contributed by atoms with van der Waals surface area (Å²) in [6.45, 7) is 1.26. The Morgan fingerprint density at radius 1 is 1.19 bits per heavy atom. The molecule has 0 radical (unpaired) electrons. The molecule has 1 fully saturated rings. The zero-order chi connectivity index (χ0) is 19.4. The number of halogens is 2. The van der Waals surface area contributed by atoms with Crippen LogP contribution in [0.1, 0.15) is 15.9 Å². The number of sulfonamides is 1. The minimum atomic E-state index is -3.74. The third-order valence-corrected chi connectivity index (χ3v) is 6.36. The van der Waals surface area contributed by atoms with Gasteiger partial charge in [-0.2, -0.15) is 4.31 Å². The molecule has 0 saturated carbocycles. The first kappa shape index (κ1) is 19.8. The van der Waals surface area contributed by atoms with Crippen molar-refractivity contribution in [1.82, 2.24) is 9.62 Å². The molecule has 1 saturated heterocycles. The maximum Gasteiger partial charge on any atom is 0.253 e. The van der Waals surface area contributed by atoms with Gasteiger partial charge in [-0.25, -0.2) is 12.8 Å². The number of carbonyl (C=O) groups is 1. The number of nitrogens with zero attached hydrogens (tertiary/aromatic N) is 1. The molecule has 0 spiro atoms. The van der Waals surface area contributed by atoms with E-state index >= 15 is 0 Å². The third-order valence-electron chi connectivity index (χ3n) is 4.13. The predicted molar refractivity (Wildman–Crippen MR) is 98.6 cm³/mol. The van der Waals surface area contributed by atoms with E-state index in [0.29, 0.717) is 18.8 Å². The molecular formula is C18H18ClFN2O4S. The van der Waals surface area contributed by atoms with E-state index in [9.17, 15) is 17.6 Å². The first-order chi connectivity index (χ1) is 12.9. The summed E-state index contributed by atoms with van der Waals surface area (Å²) < 4.78 is 45.2. The molecule has 1 aliphatic rings. The van der Waals surface area contributed by atoms with Gasteiger partial charge in [-0.15, -0.1) is 0 Å². The molecule has 0 unspecified atom stereocenters. The first-order valence-electron chi connectivity index (χ1n) is 8.28. The van der Waals surface area contributed by atoms with Crippen LogP contribution in [0.25, 0.3) is 0 Å². The molecular weight excluding hydrogens is 395 g/mol. The molecule has 1 amide bonds. The van der Waals surface area contributed by atoms with E-state index in [4.69, 9.17) is 16.3 Å². The van der Waals surface area contributed by atoms with Gasteiger partial charge in [0.25, 0.3) is 5.91 Å². The molecule has 1 aliphatic heterocycles. The topological polar surface area (TPSA) is 75.7 Å². The van der Waals surface area contributed by atoms with Crippen LogP contribution in [0, 0.1) is 5.82 Å². The molecule has 0 aliphatic carbocycles. The van der Waals surface area contributed by atoms with Crippen LogP contribution in [0.2, 0.25) is 5.02 Å². The third kappa shape index (κ3) is 4.65. The van der Waals surface area contributed by atoms with Gasteiger partial charge in [0.1, 0.15) is 5.82 Å². The lowest BCUT2D eigenvalue weighted by molar-refractivity contribution is 0.0730. The van der Waals surface area contributed by atoms with Crippen molar-refractivity contribution in [2.45, 2.75) is 11.4 Å². The molecule has 9 heteroatoms. The Hall–Kier alpha value is -2.00. The van der Waals surface area contributed by atoms with Crippen molar-refractivity contribution < 1.29 is 22.3 Å². The van der Waals surface area contributed by atoms with E-state index in [0.717, 1.165) is 0 Å². The van der Waals surface area contributed by atoms with Crippen molar-refractivity contribution >= 4 is 27.5 Å². The van der Waals surface area contributed by atoms with E-state index in [1.165, 1.54) is 34.6 Å². The van der Waals surface area contributed by atoms with Crippen molar-refractivity contribution in [2.75, 3.05) is 26.3 Å². The SMILES string of the molecule is O=C(NCc1cccc(F)c1)c1cc(S(=O)(=O)N2CCOCC2)ccc1Cl. The molecule has 2 aromatic rings. The lowest BCUT2D eigenvalue weighted by atomic mass is 10.2. The summed E-state index contributed by atoms with van der Waals surface area (Å²) in [5.41, 5.74) is 0.624. The molecule has 0 aromatic heterocycles. The number of rotatable bonds is 5. The van der Waals surface area contributed by atoms with Crippen molar-refractivity contribution in [3.63, 3.8) is 0 Å². The normalized spacial score (nSPS) is 15.5. The minimum absolute atomic E-state index is 0.00953. The van der Waals surface area contributed by atoms with Crippen LogP contribution >= 0.6 is 11.6 Å². The van der Waals surface area contributed by atoms with Gasteiger partial charge in [-0.05, 0) is 35.9 Å². The zero-order valence-corrected chi connectivity index (χ0v) is 15.9. The first-order valence-corrected chi connectivity index (χ1v) is 10.1. The van der Waals surface area contributed by atoms with Crippen LogP contribution in [0.5, 0.6) is 0 Å². The Labute approximate surface area is 161 Å². The van der Waals surface area contributed by atoms with Crippen LogP contribution in [0.15, 0.2) is 47.4 Å². The highest BCUT2D eigenvalue weighted by Crippen LogP contribution is 2.23. The molecule has 6 nitrogen and oxygen atoms in total. The number of hydrogen-bond donors (Lipinski definition) is 1. The fraction of sp³-hybridized carbons (Fsp3) is 0.278. The highest BCUT2D eigenvalue weighted by molar-refractivity contribution is 7.89. The number of hydrogen-bond acceptors (Lipinski definition) is 4. The second-order valence-corrected chi connectivity index (χ2v) is 8.32. The summed E-state index contributed by atoms with van der Waals surface area (Å²) in [6.07, 6.45) is 0. The van der Waals surface area contributed by atoms with Crippen molar-refractivity contribution in [3.8, 4) is 0 Å². The second kappa shape index (κ2) is 8.35. The van der Waals surface area contributed by atoms with Gasteiger partial charge in [-0.3, -0.25) is 4.79 Å². The highest BCUT2D eigenvalue weighted by Gasteiger charge is 2.27. The predicted octanol–water partition coefficient (Wildman–Crippen LogP) is 2.43. The van der Waals surface area contributed by atoms with Gasteiger partial charge >= 0.3 is 0 Å². The monoisotopic (exact) mass is 412 g/mol. The number of ether oxygens (including phenoxy) is 1. The summed E-state index contributed by atoms with van der Waals surface area (Å²) in [4.78, 5) is 12.5. The van der Waals surface area contributed by atoms with Gasteiger partial charge in [0, 0.05) is 19.6 Å². The number of benzene rings is 2. The van der Waals surface area contributed by atoms with Crippen molar-refractivity contribution in [1.29, 1.82) is 0 Å². The van der Waals surface area contributed by atoms with Gasteiger partial charge in [0.15, 0.2) is 0 Å². The molecule has 0 bridgehead atoms. The smallest absolute Gasteiger partial charge is 0.253 e. The molecule has 1 heterocycles. The van der Waals surface area contributed by atoms with Gasteiger partial charge < -0.3 is 10.1 Å². The number of morpholine rings is 1. The largest absolute Gasteiger partial charge is 0.379 e. The fourth-order valence-corrected chi connectivity index (χ4v) is 4.34. The van der Waals surface area contributed by atoms with Crippen molar-refractivity contribution in [3.05, 3.63) is 64.4 Å². The minimum Gasteiger partial charge on any atom is -0.379 e. The number of nitrogens with one attached hydrogen (secondary N) is 1. The molecule has 27 heavy (non-hydrogen) atoms. The van der Waals surface area contributed by atoms with E-state index in [-0.39, 0.29) is 35.1 Å². The zero-order valence-electron chi connectivity index (χ0n) is 14.3. The Balaban J connectivity index is 1.79.